The first kappa shape index (κ1) is 19.1. The number of anilines is 1. The quantitative estimate of drug-likeness (QED) is 0.769. The van der Waals surface area contributed by atoms with Gasteiger partial charge >= 0.3 is 6.03 Å². The van der Waals surface area contributed by atoms with Crippen LogP contribution in [0.5, 0.6) is 0 Å². The zero-order valence-corrected chi connectivity index (χ0v) is 17.1. The van der Waals surface area contributed by atoms with Gasteiger partial charge in [0.2, 0.25) is 5.91 Å². The van der Waals surface area contributed by atoms with Crippen molar-refractivity contribution >= 4 is 34.9 Å². The van der Waals surface area contributed by atoms with Crippen LogP contribution >= 0.6 is 11.3 Å². The molecule has 1 aromatic carbocycles. The van der Waals surface area contributed by atoms with Crippen LogP contribution in [0.15, 0.2) is 35.7 Å². The number of nitrogens with one attached hydrogen (secondary N) is 2. The van der Waals surface area contributed by atoms with E-state index in [-0.39, 0.29) is 17.8 Å². The minimum absolute atomic E-state index is 0.185. The second-order valence-electron chi connectivity index (χ2n) is 7.61. The van der Waals surface area contributed by atoms with Crippen LogP contribution in [0.3, 0.4) is 0 Å². The van der Waals surface area contributed by atoms with Crippen LogP contribution in [-0.2, 0) is 9.53 Å². The molecule has 0 spiro atoms. The third-order valence-corrected chi connectivity index (χ3v) is 6.77. The Morgan fingerprint density at radius 1 is 1.17 bits per heavy atom. The Morgan fingerprint density at radius 2 is 2.00 bits per heavy atom. The number of nitrogens with zero attached hydrogens (tertiary/aromatic N) is 2. The van der Waals surface area contributed by atoms with E-state index < -0.39 is 12.1 Å². The SMILES string of the molecule is O=C1Nc2ccc(-c3cccs3)cc2C(=O)N2CC[C@H](NC(=O)N3CCOCC3)[C@@H]12. The average Bonchev–Trinajstić information content (AvgIpc) is 3.42. The second-order valence-corrected chi connectivity index (χ2v) is 8.56. The van der Waals surface area contributed by atoms with Crippen molar-refractivity contribution in [1.82, 2.24) is 15.1 Å². The number of urea groups is 1. The molecule has 5 rings (SSSR count). The minimum Gasteiger partial charge on any atom is -0.378 e. The fourth-order valence-electron chi connectivity index (χ4n) is 4.30. The molecular weight excluding hydrogens is 404 g/mol. The summed E-state index contributed by atoms with van der Waals surface area (Å²) in [4.78, 5) is 43.3. The standard InChI is InChI=1S/C21H22N4O4S/c26-19-18-16(23-21(28)24-7-9-29-10-8-24)5-6-25(18)20(27)14-12-13(3-4-15(14)22-19)17-2-1-11-30-17/h1-4,11-12,16,18H,5-10H2,(H,22,26)(H,23,28)/t16-,18-/m0/s1. The molecule has 0 unspecified atom stereocenters. The van der Waals surface area contributed by atoms with Crippen LogP contribution in [-0.4, -0.2) is 72.6 Å². The highest BCUT2D eigenvalue weighted by molar-refractivity contribution is 7.13. The number of amides is 4. The molecule has 2 atom stereocenters. The Labute approximate surface area is 177 Å². The first-order chi connectivity index (χ1) is 14.6. The van der Waals surface area contributed by atoms with E-state index in [1.54, 1.807) is 27.2 Å². The van der Waals surface area contributed by atoms with Crippen molar-refractivity contribution in [3.8, 4) is 10.4 Å². The molecule has 2 N–H and O–H groups in total. The van der Waals surface area contributed by atoms with Crippen molar-refractivity contribution < 1.29 is 19.1 Å². The van der Waals surface area contributed by atoms with Gasteiger partial charge in [-0.2, -0.15) is 0 Å². The van der Waals surface area contributed by atoms with Crippen LogP contribution in [0.25, 0.3) is 10.4 Å². The maximum absolute atomic E-state index is 13.3. The van der Waals surface area contributed by atoms with Gasteiger partial charge in [-0.25, -0.2) is 4.79 Å². The molecule has 2 saturated heterocycles. The van der Waals surface area contributed by atoms with E-state index in [2.05, 4.69) is 10.6 Å². The molecule has 0 bridgehead atoms. The largest absolute Gasteiger partial charge is 0.378 e. The van der Waals surface area contributed by atoms with Gasteiger partial charge in [-0.3, -0.25) is 9.59 Å². The highest BCUT2D eigenvalue weighted by Crippen LogP contribution is 2.33. The molecular formula is C21H22N4O4S. The smallest absolute Gasteiger partial charge is 0.317 e. The third kappa shape index (κ3) is 3.33. The number of morpholine rings is 1. The summed E-state index contributed by atoms with van der Waals surface area (Å²) in [5.41, 5.74) is 1.94. The first-order valence-corrected chi connectivity index (χ1v) is 10.9. The maximum atomic E-state index is 13.3. The van der Waals surface area contributed by atoms with Crippen molar-refractivity contribution in [3.05, 3.63) is 41.3 Å². The molecule has 0 aliphatic carbocycles. The average molecular weight is 426 g/mol. The van der Waals surface area contributed by atoms with E-state index in [4.69, 9.17) is 4.74 Å². The van der Waals surface area contributed by atoms with E-state index in [9.17, 15) is 14.4 Å². The molecule has 30 heavy (non-hydrogen) atoms. The van der Waals surface area contributed by atoms with Crippen LogP contribution in [0.4, 0.5) is 10.5 Å². The highest BCUT2D eigenvalue weighted by atomic mass is 32.1. The molecule has 2 aromatic rings. The number of hydrogen-bond acceptors (Lipinski definition) is 5. The summed E-state index contributed by atoms with van der Waals surface area (Å²) in [6.07, 6.45) is 0.542. The van der Waals surface area contributed by atoms with Crippen molar-refractivity contribution in [3.63, 3.8) is 0 Å². The third-order valence-electron chi connectivity index (χ3n) is 5.85. The van der Waals surface area contributed by atoms with Gasteiger partial charge in [0.25, 0.3) is 5.91 Å². The molecule has 0 saturated carbocycles. The van der Waals surface area contributed by atoms with Gasteiger partial charge in [0.1, 0.15) is 6.04 Å². The van der Waals surface area contributed by atoms with E-state index >= 15 is 0 Å². The van der Waals surface area contributed by atoms with Crippen molar-refractivity contribution in [1.29, 1.82) is 0 Å². The summed E-state index contributed by atoms with van der Waals surface area (Å²) >= 11 is 1.60. The fourth-order valence-corrected chi connectivity index (χ4v) is 5.02. The number of ether oxygens (including phenoxy) is 1. The van der Waals surface area contributed by atoms with Gasteiger partial charge in [0, 0.05) is 24.5 Å². The number of thiophene rings is 1. The predicted molar refractivity (Wildman–Crippen MR) is 113 cm³/mol. The molecule has 156 valence electrons. The lowest BCUT2D eigenvalue weighted by molar-refractivity contribution is -0.120. The Balaban J connectivity index is 1.39. The summed E-state index contributed by atoms with van der Waals surface area (Å²) in [5.74, 6) is -0.453. The van der Waals surface area contributed by atoms with Crippen LogP contribution in [0, 0.1) is 0 Å². The normalized spacial score (nSPS) is 23.5. The second kappa shape index (κ2) is 7.73. The molecule has 3 aliphatic rings. The Kier molecular flexibility index (Phi) is 4.92. The summed E-state index contributed by atoms with van der Waals surface area (Å²) < 4.78 is 5.29. The topological polar surface area (TPSA) is 91.0 Å². The van der Waals surface area contributed by atoms with Crippen molar-refractivity contribution in [2.75, 3.05) is 38.2 Å². The molecule has 3 aliphatic heterocycles. The molecule has 1 aromatic heterocycles. The number of fused-ring (bicyclic) bond motifs is 2. The fraction of sp³-hybridized carbons (Fsp3) is 0.381. The summed E-state index contributed by atoms with van der Waals surface area (Å²) in [6.45, 7) is 2.49. The summed E-state index contributed by atoms with van der Waals surface area (Å²) in [5, 5.41) is 7.85. The Hall–Kier alpha value is -2.91. The van der Waals surface area contributed by atoms with Crippen LogP contribution in [0.2, 0.25) is 0 Å². The molecule has 4 heterocycles. The van der Waals surface area contributed by atoms with Gasteiger partial charge in [0.05, 0.1) is 30.5 Å². The van der Waals surface area contributed by atoms with Gasteiger partial charge in [0.15, 0.2) is 0 Å². The van der Waals surface area contributed by atoms with Crippen LogP contribution < -0.4 is 10.6 Å². The molecule has 2 fully saturated rings. The Bertz CT molecular complexity index is 987. The highest BCUT2D eigenvalue weighted by Gasteiger charge is 2.45. The molecule has 8 nitrogen and oxygen atoms in total. The van der Waals surface area contributed by atoms with E-state index in [0.29, 0.717) is 50.5 Å². The predicted octanol–water partition coefficient (Wildman–Crippen LogP) is 1.99. The number of rotatable bonds is 2. The van der Waals surface area contributed by atoms with Crippen molar-refractivity contribution in [2.45, 2.75) is 18.5 Å². The van der Waals surface area contributed by atoms with Gasteiger partial charge in [-0.1, -0.05) is 12.1 Å². The van der Waals surface area contributed by atoms with Crippen LogP contribution in [0.1, 0.15) is 16.8 Å². The number of hydrogen-bond donors (Lipinski definition) is 2. The number of benzene rings is 1. The van der Waals surface area contributed by atoms with Gasteiger partial charge < -0.3 is 25.2 Å². The van der Waals surface area contributed by atoms with Gasteiger partial charge in [-0.15, -0.1) is 11.3 Å². The lowest BCUT2D eigenvalue weighted by Gasteiger charge is -2.30. The van der Waals surface area contributed by atoms with E-state index in [1.165, 1.54) is 0 Å². The lowest BCUT2D eigenvalue weighted by atomic mass is 10.1. The van der Waals surface area contributed by atoms with E-state index in [1.807, 2.05) is 29.6 Å². The number of carbonyl (C=O) groups is 3. The number of carbonyl (C=O) groups excluding carboxylic acids is 3. The summed E-state index contributed by atoms with van der Waals surface area (Å²) in [7, 11) is 0. The Morgan fingerprint density at radius 3 is 2.77 bits per heavy atom. The summed E-state index contributed by atoms with van der Waals surface area (Å²) in [6, 6.07) is 8.14. The monoisotopic (exact) mass is 426 g/mol. The molecule has 0 radical (unpaired) electrons. The lowest BCUT2D eigenvalue weighted by Crippen LogP contribution is -2.55. The maximum Gasteiger partial charge on any atom is 0.317 e. The van der Waals surface area contributed by atoms with Crippen molar-refractivity contribution in [2.24, 2.45) is 0 Å². The zero-order chi connectivity index (χ0) is 20.7. The van der Waals surface area contributed by atoms with Gasteiger partial charge in [-0.05, 0) is 35.6 Å². The minimum atomic E-state index is -0.722. The molecule has 9 heteroatoms. The molecule has 4 amide bonds. The van der Waals surface area contributed by atoms with E-state index in [0.717, 1.165) is 10.4 Å². The zero-order valence-electron chi connectivity index (χ0n) is 16.3. The first-order valence-electron chi connectivity index (χ1n) is 10.0.